The zero-order valence-corrected chi connectivity index (χ0v) is 16.6. The van der Waals surface area contributed by atoms with Crippen molar-refractivity contribution in [2.75, 3.05) is 10.6 Å². The van der Waals surface area contributed by atoms with Gasteiger partial charge in [-0.2, -0.15) is 4.98 Å². The molecule has 4 rings (SSSR count). The standard InChI is InChI=1S/C20H15ClN6O4/c21-14-7-5-13(6-8-14)16-11-18(29)23-20-24-19(25-26(16)20)22-17(28)9-4-12-2-1-3-15(10-12)27(30)31/h1-10,16H,11H2,(H2,22,23,24,25,28,29)/b9-4+/t16-/m0/s1. The van der Waals surface area contributed by atoms with Gasteiger partial charge in [-0.25, -0.2) is 4.68 Å². The van der Waals surface area contributed by atoms with Crippen molar-refractivity contribution < 1.29 is 14.5 Å². The van der Waals surface area contributed by atoms with Gasteiger partial charge in [0.2, 0.25) is 11.9 Å². The van der Waals surface area contributed by atoms with Gasteiger partial charge < -0.3 is 0 Å². The molecule has 0 aliphatic carbocycles. The normalized spacial score (nSPS) is 15.4. The van der Waals surface area contributed by atoms with Crippen molar-refractivity contribution in [3.05, 3.63) is 80.9 Å². The fraction of sp³-hybridized carbons (Fsp3) is 0.100. The molecular weight excluding hydrogens is 424 g/mol. The predicted molar refractivity (Wildman–Crippen MR) is 114 cm³/mol. The van der Waals surface area contributed by atoms with E-state index in [4.69, 9.17) is 11.6 Å². The number of hydrogen-bond acceptors (Lipinski definition) is 6. The molecule has 31 heavy (non-hydrogen) atoms. The lowest BCUT2D eigenvalue weighted by molar-refractivity contribution is -0.384. The molecule has 2 N–H and O–H groups in total. The molecule has 2 heterocycles. The summed E-state index contributed by atoms with van der Waals surface area (Å²) in [5, 5.41) is 20.9. The summed E-state index contributed by atoms with van der Waals surface area (Å²) in [6.07, 6.45) is 2.82. The van der Waals surface area contributed by atoms with Gasteiger partial charge in [0.25, 0.3) is 17.5 Å². The number of nitro groups is 1. The highest BCUT2D eigenvalue weighted by molar-refractivity contribution is 6.30. The van der Waals surface area contributed by atoms with Crippen LogP contribution in [0.1, 0.15) is 23.6 Å². The summed E-state index contributed by atoms with van der Waals surface area (Å²) >= 11 is 5.94. The molecule has 1 aliphatic rings. The number of carbonyl (C=O) groups excluding carboxylic acids is 2. The van der Waals surface area contributed by atoms with Crippen molar-refractivity contribution >= 4 is 47.1 Å². The summed E-state index contributed by atoms with van der Waals surface area (Å²) < 4.78 is 1.53. The van der Waals surface area contributed by atoms with Crippen molar-refractivity contribution in [2.24, 2.45) is 0 Å². The van der Waals surface area contributed by atoms with Crippen LogP contribution in [0.4, 0.5) is 17.6 Å². The Morgan fingerprint density at radius 3 is 2.81 bits per heavy atom. The van der Waals surface area contributed by atoms with E-state index in [1.807, 2.05) is 0 Å². The van der Waals surface area contributed by atoms with Crippen LogP contribution in [-0.2, 0) is 9.59 Å². The van der Waals surface area contributed by atoms with Crippen LogP contribution < -0.4 is 10.6 Å². The molecular formula is C20H15ClN6O4. The Morgan fingerprint density at radius 2 is 2.06 bits per heavy atom. The van der Waals surface area contributed by atoms with Gasteiger partial charge in [0, 0.05) is 23.2 Å². The van der Waals surface area contributed by atoms with E-state index in [0.717, 1.165) is 5.56 Å². The SMILES string of the molecule is O=C(/C=C/c1cccc([N+](=O)[O-])c1)Nc1nc2n(n1)[C@H](c1ccc(Cl)cc1)CC(=O)N2. The Balaban J connectivity index is 1.51. The summed E-state index contributed by atoms with van der Waals surface area (Å²) in [6.45, 7) is 0. The molecule has 2 aromatic carbocycles. The molecule has 0 saturated heterocycles. The zero-order valence-electron chi connectivity index (χ0n) is 15.9. The van der Waals surface area contributed by atoms with Crippen LogP contribution in [-0.4, -0.2) is 31.5 Å². The molecule has 1 aliphatic heterocycles. The second-order valence-corrected chi connectivity index (χ2v) is 7.13. The highest BCUT2D eigenvalue weighted by Crippen LogP contribution is 2.30. The number of hydrogen-bond donors (Lipinski definition) is 2. The number of nitro benzene ring substituents is 1. The van der Waals surface area contributed by atoms with Crippen LogP contribution in [0.15, 0.2) is 54.6 Å². The van der Waals surface area contributed by atoms with Gasteiger partial charge in [-0.05, 0) is 29.3 Å². The summed E-state index contributed by atoms with van der Waals surface area (Å²) in [6, 6.07) is 12.5. The van der Waals surface area contributed by atoms with E-state index >= 15 is 0 Å². The number of halogens is 1. The van der Waals surface area contributed by atoms with E-state index in [1.54, 1.807) is 30.3 Å². The van der Waals surface area contributed by atoms with Crippen molar-refractivity contribution in [3.63, 3.8) is 0 Å². The molecule has 11 heteroatoms. The third-order valence-corrected chi connectivity index (χ3v) is 4.81. The van der Waals surface area contributed by atoms with E-state index in [0.29, 0.717) is 10.6 Å². The summed E-state index contributed by atoms with van der Waals surface area (Å²) in [5.74, 6) is -0.508. The molecule has 1 aromatic heterocycles. The highest BCUT2D eigenvalue weighted by Gasteiger charge is 2.29. The molecule has 0 unspecified atom stereocenters. The summed E-state index contributed by atoms with van der Waals surface area (Å²) in [5.41, 5.74) is 1.25. The second-order valence-electron chi connectivity index (χ2n) is 6.70. The minimum atomic E-state index is -0.524. The van der Waals surface area contributed by atoms with Crippen LogP contribution in [0.25, 0.3) is 6.08 Å². The molecule has 0 saturated carbocycles. The largest absolute Gasteiger partial charge is 0.295 e. The van der Waals surface area contributed by atoms with Crippen LogP contribution in [0, 0.1) is 10.1 Å². The van der Waals surface area contributed by atoms with E-state index < -0.39 is 10.8 Å². The lowest BCUT2D eigenvalue weighted by Crippen LogP contribution is -2.29. The number of carbonyl (C=O) groups is 2. The molecule has 0 fully saturated rings. The maximum atomic E-state index is 12.2. The van der Waals surface area contributed by atoms with E-state index in [2.05, 4.69) is 20.7 Å². The fourth-order valence-corrected chi connectivity index (χ4v) is 3.25. The average molecular weight is 439 g/mol. The average Bonchev–Trinajstić information content (AvgIpc) is 3.14. The fourth-order valence-electron chi connectivity index (χ4n) is 3.13. The Hall–Kier alpha value is -4.05. The van der Waals surface area contributed by atoms with Gasteiger partial charge in [0.15, 0.2) is 0 Å². The molecule has 0 radical (unpaired) electrons. The molecule has 156 valence electrons. The Kier molecular flexibility index (Phi) is 5.46. The topological polar surface area (TPSA) is 132 Å². The van der Waals surface area contributed by atoms with Gasteiger partial charge >= 0.3 is 0 Å². The summed E-state index contributed by atoms with van der Waals surface area (Å²) in [4.78, 5) is 38.8. The minimum Gasteiger partial charge on any atom is -0.295 e. The Morgan fingerprint density at radius 1 is 1.29 bits per heavy atom. The molecule has 0 spiro atoms. The van der Waals surface area contributed by atoms with Gasteiger partial charge in [-0.3, -0.25) is 30.3 Å². The Labute approximate surface area is 180 Å². The van der Waals surface area contributed by atoms with Crippen LogP contribution >= 0.6 is 11.6 Å². The van der Waals surface area contributed by atoms with Gasteiger partial charge in [0.1, 0.15) is 0 Å². The molecule has 10 nitrogen and oxygen atoms in total. The van der Waals surface area contributed by atoms with Crippen LogP contribution in [0.5, 0.6) is 0 Å². The van der Waals surface area contributed by atoms with Crippen molar-refractivity contribution in [3.8, 4) is 0 Å². The lowest BCUT2D eigenvalue weighted by Gasteiger charge is -2.23. The van der Waals surface area contributed by atoms with Crippen LogP contribution in [0.2, 0.25) is 5.02 Å². The smallest absolute Gasteiger partial charge is 0.270 e. The molecule has 1 atom stereocenters. The number of amides is 2. The molecule has 2 amide bonds. The number of aromatic nitrogens is 3. The number of fused-ring (bicyclic) bond motifs is 1. The summed E-state index contributed by atoms with van der Waals surface area (Å²) in [7, 11) is 0. The molecule has 3 aromatic rings. The monoisotopic (exact) mass is 438 g/mol. The molecule has 0 bridgehead atoms. The first-order valence-electron chi connectivity index (χ1n) is 9.14. The second kappa shape index (κ2) is 8.36. The highest BCUT2D eigenvalue weighted by atomic mass is 35.5. The first-order chi connectivity index (χ1) is 14.9. The predicted octanol–water partition coefficient (Wildman–Crippen LogP) is 3.42. The van der Waals surface area contributed by atoms with E-state index in [1.165, 1.54) is 35.0 Å². The Bertz CT molecular complexity index is 1200. The number of nitrogens with zero attached hydrogens (tertiary/aromatic N) is 4. The van der Waals surface area contributed by atoms with E-state index in [9.17, 15) is 19.7 Å². The zero-order chi connectivity index (χ0) is 22.0. The van der Waals surface area contributed by atoms with Gasteiger partial charge in [-0.1, -0.05) is 35.9 Å². The minimum absolute atomic E-state index is 0.0184. The number of nitrogens with one attached hydrogen (secondary N) is 2. The number of anilines is 2. The third kappa shape index (κ3) is 4.59. The lowest BCUT2D eigenvalue weighted by atomic mass is 10.0. The third-order valence-electron chi connectivity index (χ3n) is 4.55. The number of rotatable bonds is 5. The van der Waals surface area contributed by atoms with Crippen molar-refractivity contribution in [2.45, 2.75) is 12.5 Å². The van der Waals surface area contributed by atoms with E-state index in [-0.39, 0.29) is 36.0 Å². The van der Waals surface area contributed by atoms with Crippen LogP contribution in [0.3, 0.4) is 0 Å². The maximum absolute atomic E-state index is 12.2. The number of benzene rings is 2. The first-order valence-corrected chi connectivity index (χ1v) is 9.52. The number of non-ortho nitro benzene ring substituents is 1. The van der Waals surface area contributed by atoms with Crippen molar-refractivity contribution in [1.29, 1.82) is 0 Å². The van der Waals surface area contributed by atoms with Crippen molar-refractivity contribution in [1.82, 2.24) is 14.8 Å². The quantitative estimate of drug-likeness (QED) is 0.356. The van der Waals surface area contributed by atoms with Gasteiger partial charge in [0.05, 0.1) is 17.4 Å². The van der Waals surface area contributed by atoms with Gasteiger partial charge in [-0.15, -0.1) is 5.10 Å². The first kappa shape index (κ1) is 20.2. The maximum Gasteiger partial charge on any atom is 0.270 e.